The van der Waals surface area contributed by atoms with Crippen molar-refractivity contribution in [3.63, 3.8) is 0 Å². The Kier molecular flexibility index (Phi) is 5.69. The summed E-state index contributed by atoms with van der Waals surface area (Å²) in [5.74, 6) is 0. The van der Waals surface area contributed by atoms with Crippen molar-refractivity contribution in [3.8, 4) is 6.07 Å². The average molecular weight is 306 g/mol. The Morgan fingerprint density at radius 3 is 2.64 bits per heavy atom. The Hall–Kier alpha value is -2.82. The van der Waals surface area contributed by atoms with Crippen LogP contribution in [0, 0.1) is 21.4 Å². The lowest BCUT2D eigenvalue weighted by atomic mass is 10.1. The van der Waals surface area contributed by atoms with Gasteiger partial charge in [0.15, 0.2) is 0 Å². The largest absolute Gasteiger partial charge is 0.444 e. The number of nitriles is 1. The summed E-state index contributed by atoms with van der Waals surface area (Å²) in [6.45, 7) is 5.66. The van der Waals surface area contributed by atoms with Crippen molar-refractivity contribution < 1.29 is 14.5 Å². The van der Waals surface area contributed by atoms with Crippen molar-refractivity contribution in [2.75, 3.05) is 18.4 Å². The number of nitrogens with zero attached hydrogens (tertiary/aromatic N) is 2. The normalized spacial score (nSPS) is 10.5. The molecular weight excluding hydrogens is 288 g/mol. The van der Waals surface area contributed by atoms with Gasteiger partial charge in [-0.1, -0.05) is 6.07 Å². The Labute approximate surface area is 128 Å². The second-order valence-corrected chi connectivity index (χ2v) is 5.42. The van der Waals surface area contributed by atoms with Crippen LogP contribution in [0.1, 0.15) is 26.3 Å². The van der Waals surface area contributed by atoms with E-state index in [9.17, 15) is 14.9 Å². The average Bonchev–Trinajstić information content (AvgIpc) is 2.41. The summed E-state index contributed by atoms with van der Waals surface area (Å²) in [6, 6.07) is 6.13. The van der Waals surface area contributed by atoms with E-state index in [4.69, 9.17) is 10.00 Å². The van der Waals surface area contributed by atoms with Gasteiger partial charge in [0.25, 0.3) is 5.69 Å². The number of nitro benzene ring substituents is 1. The molecule has 0 atom stereocenters. The zero-order valence-electron chi connectivity index (χ0n) is 12.7. The quantitative estimate of drug-likeness (QED) is 0.490. The molecule has 1 aromatic rings. The molecular formula is C14H18N4O4. The maximum Gasteiger partial charge on any atom is 0.407 e. The van der Waals surface area contributed by atoms with Crippen molar-refractivity contribution in [1.29, 1.82) is 5.26 Å². The summed E-state index contributed by atoms with van der Waals surface area (Å²) in [6.07, 6.45) is -0.572. The van der Waals surface area contributed by atoms with Gasteiger partial charge in [0, 0.05) is 19.2 Å². The van der Waals surface area contributed by atoms with Crippen molar-refractivity contribution in [2.45, 2.75) is 26.4 Å². The third kappa shape index (κ3) is 5.28. The smallest absolute Gasteiger partial charge is 0.407 e. The molecule has 1 amide bonds. The number of benzene rings is 1. The molecule has 0 saturated carbocycles. The van der Waals surface area contributed by atoms with Gasteiger partial charge >= 0.3 is 6.09 Å². The van der Waals surface area contributed by atoms with Gasteiger partial charge < -0.3 is 15.4 Å². The first-order valence-electron chi connectivity index (χ1n) is 6.63. The molecule has 0 aromatic heterocycles. The Balaban J connectivity index is 2.61. The van der Waals surface area contributed by atoms with E-state index in [0.717, 1.165) is 0 Å². The molecule has 0 aliphatic heterocycles. The number of ether oxygens (including phenoxy) is 1. The summed E-state index contributed by atoms with van der Waals surface area (Å²) >= 11 is 0. The predicted octanol–water partition coefficient (Wildman–Crippen LogP) is 2.40. The molecule has 0 radical (unpaired) electrons. The number of anilines is 1. The molecule has 1 rings (SSSR count). The molecule has 0 saturated heterocycles. The SMILES string of the molecule is CC(C)(C)OC(=O)NCCNc1c(C#N)cccc1[N+](=O)[O-]. The van der Waals surface area contributed by atoms with E-state index in [0.29, 0.717) is 0 Å². The standard InChI is InChI=1S/C14H18N4O4/c1-14(2,3)22-13(19)17-8-7-16-12-10(9-15)5-4-6-11(12)18(20)21/h4-6,16H,7-8H2,1-3H3,(H,17,19). The van der Waals surface area contributed by atoms with Crippen LogP contribution in [0.5, 0.6) is 0 Å². The topological polar surface area (TPSA) is 117 Å². The number of hydrogen-bond donors (Lipinski definition) is 2. The van der Waals surface area contributed by atoms with Crippen LogP contribution in [-0.4, -0.2) is 29.7 Å². The number of amides is 1. The van der Waals surface area contributed by atoms with Gasteiger partial charge in [-0.15, -0.1) is 0 Å². The number of carbonyl (C=O) groups excluding carboxylic acids is 1. The molecule has 22 heavy (non-hydrogen) atoms. The van der Waals surface area contributed by atoms with Crippen molar-refractivity contribution in [3.05, 3.63) is 33.9 Å². The predicted molar refractivity (Wildman–Crippen MR) is 80.5 cm³/mol. The first-order valence-corrected chi connectivity index (χ1v) is 6.63. The Bertz CT molecular complexity index is 602. The van der Waals surface area contributed by atoms with Crippen LogP contribution < -0.4 is 10.6 Å². The summed E-state index contributed by atoms with van der Waals surface area (Å²) in [4.78, 5) is 21.8. The number of nitrogens with one attached hydrogen (secondary N) is 2. The lowest BCUT2D eigenvalue weighted by Gasteiger charge is -2.19. The molecule has 8 nitrogen and oxygen atoms in total. The zero-order chi connectivity index (χ0) is 16.8. The number of nitro groups is 1. The zero-order valence-corrected chi connectivity index (χ0v) is 12.7. The van der Waals surface area contributed by atoms with Crippen LogP contribution in [0.2, 0.25) is 0 Å². The van der Waals surface area contributed by atoms with E-state index in [1.54, 1.807) is 20.8 Å². The van der Waals surface area contributed by atoms with Gasteiger partial charge in [-0.2, -0.15) is 5.26 Å². The van der Waals surface area contributed by atoms with Gasteiger partial charge in [0.2, 0.25) is 0 Å². The van der Waals surface area contributed by atoms with E-state index in [1.165, 1.54) is 18.2 Å². The first-order chi connectivity index (χ1) is 10.2. The molecule has 1 aromatic carbocycles. The maximum atomic E-state index is 11.4. The highest BCUT2D eigenvalue weighted by Gasteiger charge is 2.18. The molecule has 118 valence electrons. The Morgan fingerprint density at radius 2 is 2.09 bits per heavy atom. The summed E-state index contributed by atoms with van der Waals surface area (Å²) in [5.41, 5.74) is -0.465. The van der Waals surface area contributed by atoms with Crippen LogP contribution in [0.3, 0.4) is 0 Å². The monoisotopic (exact) mass is 306 g/mol. The lowest BCUT2D eigenvalue weighted by Crippen LogP contribution is -2.35. The highest BCUT2D eigenvalue weighted by molar-refractivity contribution is 5.70. The highest BCUT2D eigenvalue weighted by Crippen LogP contribution is 2.27. The van der Waals surface area contributed by atoms with Gasteiger partial charge in [-0.25, -0.2) is 4.79 Å². The molecule has 0 bridgehead atoms. The molecule has 0 fully saturated rings. The minimum absolute atomic E-state index is 0.140. The number of hydrogen-bond acceptors (Lipinski definition) is 6. The fourth-order valence-corrected chi connectivity index (χ4v) is 1.64. The summed E-state index contributed by atoms with van der Waals surface area (Å²) in [7, 11) is 0. The summed E-state index contributed by atoms with van der Waals surface area (Å²) in [5, 5.41) is 25.3. The third-order valence-electron chi connectivity index (χ3n) is 2.45. The summed E-state index contributed by atoms with van der Waals surface area (Å²) < 4.78 is 5.06. The van der Waals surface area contributed by atoms with Crippen LogP contribution in [0.25, 0.3) is 0 Å². The molecule has 0 aliphatic carbocycles. The van der Waals surface area contributed by atoms with Gasteiger partial charge in [0.1, 0.15) is 17.4 Å². The Morgan fingerprint density at radius 1 is 1.41 bits per heavy atom. The van der Waals surface area contributed by atoms with Crippen LogP contribution in [-0.2, 0) is 4.74 Å². The molecule has 8 heteroatoms. The first kappa shape index (κ1) is 17.2. The lowest BCUT2D eigenvalue weighted by molar-refractivity contribution is -0.384. The van der Waals surface area contributed by atoms with E-state index in [1.807, 2.05) is 6.07 Å². The van der Waals surface area contributed by atoms with Crippen molar-refractivity contribution >= 4 is 17.5 Å². The van der Waals surface area contributed by atoms with Crippen LogP contribution in [0.15, 0.2) is 18.2 Å². The van der Waals surface area contributed by atoms with Crippen LogP contribution in [0.4, 0.5) is 16.2 Å². The number of para-hydroxylation sites is 1. The highest BCUT2D eigenvalue weighted by atomic mass is 16.6. The maximum absolute atomic E-state index is 11.4. The van der Waals surface area contributed by atoms with Gasteiger partial charge in [0.05, 0.1) is 10.5 Å². The minimum Gasteiger partial charge on any atom is -0.444 e. The molecule has 0 spiro atoms. The van der Waals surface area contributed by atoms with E-state index in [-0.39, 0.29) is 30.0 Å². The van der Waals surface area contributed by atoms with E-state index < -0.39 is 16.6 Å². The minimum atomic E-state index is -0.594. The van der Waals surface area contributed by atoms with Gasteiger partial charge in [-0.05, 0) is 26.8 Å². The fraction of sp³-hybridized carbons (Fsp3) is 0.429. The van der Waals surface area contributed by atoms with E-state index in [2.05, 4.69) is 10.6 Å². The third-order valence-corrected chi connectivity index (χ3v) is 2.45. The van der Waals surface area contributed by atoms with Crippen molar-refractivity contribution in [2.24, 2.45) is 0 Å². The van der Waals surface area contributed by atoms with Gasteiger partial charge in [-0.3, -0.25) is 10.1 Å². The number of rotatable bonds is 5. The van der Waals surface area contributed by atoms with Crippen molar-refractivity contribution in [1.82, 2.24) is 5.32 Å². The fourth-order valence-electron chi connectivity index (χ4n) is 1.64. The van der Waals surface area contributed by atoms with E-state index >= 15 is 0 Å². The number of carbonyl (C=O) groups is 1. The number of alkyl carbamates (subject to hydrolysis) is 1. The second-order valence-electron chi connectivity index (χ2n) is 5.42. The van der Waals surface area contributed by atoms with Crippen LogP contribution >= 0.6 is 0 Å². The molecule has 0 unspecified atom stereocenters. The molecule has 2 N–H and O–H groups in total. The second kappa shape index (κ2) is 7.26. The molecule has 0 aliphatic rings. The molecule has 0 heterocycles.